The van der Waals surface area contributed by atoms with Crippen molar-refractivity contribution in [1.29, 1.82) is 0 Å². The van der Waals surface area contributed by atoms with Gasteiger partial charge in [-0.15, -0.1) is 0 Å². The predicted molar refractivity (Wildman–Crippen MR) is 205 cm³/mol. The fraction of sp³-hybridized carbons (Fsp3) is 0.111. The van der Waals surface area contributed by atoms with Crippen LogP contribution in [0.5, 0.6) is 0 Å². The lowest BCUT2D eigenvalue weighted by Gasteiger charge is -2.34. The van der Waals surface area contributed by atoms with Gasteiger partial charge >= 0.3 is 0 Å². The summed E-state index contributed by atoms with van der Waals surface area (Å²) in [6.45, 7) is 6.94. The molecule has 0 saturated carbocycles. The Labute approximate surface area is 285 Å². The van der Waals surface area contributed by atoms with Crippen molar-refractivity contribution in [1.82, 2.24) is 10.2 Å². The summed E-state index contributed by atoms with van der Waals surface area (Å²) in [5.41, 5.74) is 12.2. The highest BCUT2D eigenvalue weighted by Crippen LogP contribution is 2.45. The Hall–Kier alpha value is -5.80. The third-order valence-electron chi connectivity index (χ3n) is 9.05. The van der Waals surface area contributed by atoms with Crippen molar-refractivity contribution in [3.63, 3.8) is 0 Å². The van der Waals surface area contributed by atoms with Crippen molar-refractivity contribution < 1.29 is 0 Å². The van der Waals surface area contributed by atoms with Crippen LogP contribution in [0.15, 0.2) is 205 Å². The topological polar surface area (TPSA) is 18.5 Å². The van der Waals surface area contributed by atoms with Gasteiger partial charge in [-0.25, -0.2) is 0 Å². The summed E-state index contributed by atoms with van der Waals surface area (Å²) >= 11 is 0. The van der Waals surface area contributed by atoms with Gasteiger partial charge in [0.15, 0.2) is 0 Å². The summed E-state index contributed by atoms with van der Waals surface area (Å²) in [5.74, 6) is 0. The number of nitrogens with zero attached hydrogens (tertiary/aromatic N) is 2. The molecule has 0 atom stereocenters. The molecule has 4 aliphatic rings. The van der Waals surface area contributed by atoms with Crippen molar-refractivity contribution in [2.45, 2.75) is 26.2 Å². The molecule has 7 rings (SSSR count). The molecule has 0 radical (unpaired) electrons. The maximum atomic E-state index is 4.06. The molecule has 0 amide bonds. The van der Waals surface area contributed by atoms with Gasteiger partial charge in [0.1, 0.15) is 0 Å². The third kappa shape index (κ3) is 6.41. The second kappa shape index (κ2) is 14.3. The summed E-state index contributed by atoms with van der Waals surface area (Å²) in [7, 11) is 0. The number of rotatable bonds is 8. The van der Waals surface area contributed by atoms with Crippen molar-refractivity contribution >= 4 is 27.7 Å². The SMILES string of the molecule is C=C/C=C(\C=C/C)N(C1=CC=C(NC2=CC=CC=CC2)CC=C1)C1=CCC2=C(C=C1)CN(c1ccccc1)c1ccc3ccccc3c12. The van der Waals surface area contributed by atoms with E-state index in [9.17, 15) is 0 Å². The van der Waals surface area contributed by atoms with Crippen molar-refractivity contribution in [3.8, 4) is 0 Å². The highest BCUT2D eigenvalue weighted by molar-refractivity contribution is 6.03. The number of para-hydroxylation sites is 1. The second-order valence-electron chi connectivity index (χ2n) is 12.2. The molecule has 0 aromatic heterocycles. The van der Waals surface area contributed by atoms with Gasteiger partial charge in [-0.2, -0.15) is 0 Å². The standard InChI is InChI=1S/C45H41N3/c1-3-15-39(16-4-2)48(40-23-14-20-37(27-29-40)46-36-18-8-5-6-9-19-36)41-28-25-35-33-47(38-21-10-7-11-22-38)44-32-26-34-17-12-13-24-42(34)45(44)43(35)31-30-41/h3-18,21-30,32,46H,1,19-20,31,33H2,2H3/b16-4-,39-15+. The Balaban J connectivity index is 1.30. The van der Waals surface area contributed by atoms with E-state index in [-0.39, 0.29) is 0 Å². The zero-order chi connectivity index (χ0) is 32.7. The average Bonchev–Trinajstić information content (AvgIpc) is 3.61. The minimum Gasteiger partial charge on any atom is -0.362 e. The molecule has 3 aliphatic carbocycles. The van der Waals surface area contributed by atoms with E-state index >= 15 is 0 Å². The number of hydrogen-bond acceptors (Lipinski definition) is 3. The molecule has 3 nitrogen and oxygen atoms in total. The molecule has 0 unspecified atom stereocenters. The van der Waals surface area contributed by atoms with Crippen LogP contribution in [0.4, 0.5) is 11.4 Å². The molecular weight excluding hydrogens is 583 g/mol. The molecule has 0 saturated heterocycles. The quantitative estimate of drug-likeness (QED) is 0.252. The lowest BCUT2D eigenvalue weighted by molar-refractivity contribution is 0.576. The van der Waals surface area contributed by atoms with Crippen LogP contribution in [0, 0.1) is 0 Å². The number of allylic oxidation sites excluding steroid dienone is 16. The van der Waals surface area contributed by atoms with E-state index in [0.29, 0.717) is 0 Å². The van der Waals surface area contributed by atoms with Crippen molar-refractivity contribution in [2.24, 2.45) is 0 Å². The van der Waals surface area contributed by atoms with E-state index in [0.717, 1.165) is 42.9 Å². The molecule has 236 valence electrons. The van der Waals surface area contributed by atoms with E-state index in [1.807, 2.05) is 6.08 Å². The van der Waals surface area contributed by atoms with E-state index in [2.05, 4.69) is 186 Å². The molecule has 48 heavy (non-hydrogen) atoms. The minimum atomic E-state index is 0.813. The van der Waals surface area contributed by atoms with Crippen molar-refractivity contribution in [3.05, 3.63) is 210 Å². The van der Waals surface area contributed by atoms with Crippen LogP contribution < -0.4 is 10.2 Å². The molecule has 1 heterocycles. The van der Waals surface area contributed by atoms with Gasteiger partial charge in [0.2, 0.25) is 0 Å². The Morgan fingerprint density at radius 2 is 1.62 bits per heavy atom. The van der Waals surface area contributed by atoms with E-state index in [1.54, 1.807) is 0 Å². The average molecular weight is 624 g/mol. The Kier molecular flexibility index (Phi) is 9.20. The first-order valence-electron chi connectivity index (χ1n) is 16.8. The zero-order valence-electron chi connectivity index (χ0n) is 27.5. The summed E-state index contributed by atoms with van der Waals surface area (Å²) in [4.78, 5) is 4.81. The lowest BCUT2D eigenvalue weighted by Crippen LogP contribution is -2.25. The van der Waals surface area contributed by atoms with Crippen LogP contribution in [0.2, 0.25) is 0 Å². The van der Waals surface area contributed by atoms with Crippen LogP contribution in [0.3, 0.4) is 0 Å². The number of fused-ring (bicyclic) bond motifs is 4. The largest absolute Gasteiger partial charge is 0.362 e. The Bertz CT molecular complexity index is 2070. The van der Waals surface area contributed by atoms with Gasteiger partial charge in [0.05, 0.1) is 0 Å². The molecule has 0 fully saturated rings. The molecule has 3 aromatic rings. The second-order valence-corrected chi connectivity index (χ2v) is 12.2. The van der Waals surface area contributed by atoms with Gasteiger partial charge in [-0.05, 0) is 96.0 Å². The first-order chi connectivity index (χ1) is 23.7. The summed E-state index contributed by atoms with van der Waals surface area (Å²) in [6, 6.07) is 24.1. The van der Waals surface area contributed by atoms with Crippen LogP contribution >= 0.6 is 0 Å². The summed E-state index contributed by atoms with van der Waals surface area (Å²) < 4.78 is 0. The fourth-order valence-corrected chi connectivity index (χ4v) is 6.84. The summed E-state index contributed by atoms with van der Waals surface area (Å²) in [5, 5.41) is 6.22. The molecule has 1 N–H and O–H groups in total. The maximum Gasteiger partial charge on any atom is 0.0497 e. The van der Waals surface area contributed by atoms with Crippen LogP contribution in [-0.4, -0.2) is 11.4 Å². The van der Waals surface area contributed by atoms with E-state index in [4.69, 9.17) is 0 Å². The highest BCUT2D eigenvalue weighted by atomic mass is 15.2. The first kappa shape index (κ1) is 30.8. The van der Waals surface area contributed by atoms with Crippen molar-refractivity contribution in [2.75, 3.05) is 11.4 Å². The van der Waals surface area contributed by atoms with Gasteiger partial charge in [0, 0.05) is 64.8 Å². The predicted octanol–water partition coefficient (Wildman–Crippen LogP) is 11.3. The molecule has 0 bridgehead atoms. The first-order valence-corrected chi connectivity index (χ1v) is 16.8. The Morgan fingerprint density at radius 3 is 2.50 bits per heavy atom. The Morgan fingerprint density at radius 1 is 0.792 bits per heavy atom. The van der Waals surface area contributed by atoms with Crippen LogP contribution in [0.25, 0.3) is 16.3 Å². The van der Waals surface area contributed by atoms with Crippen LogP contribution in [-0.2, 0) is 0 Å². The van der Waals surface area contributed by atoms with E-state index in [1.165, 1.54) is 50.3 Å². The smallest absolute Gasteiger partial charge is 0.0497 e. The fourth-order valence-electron chi connectivity index (χ4n) is 6.84. The maximum absolute atomic E-state index is 4.06. The molecule has 1 aliphatic heterocycles. The number of benzene rings is 3. The molecular formula is C45H41N3. The monoisotopic (exact) mass is 623 g/mol. The highest BCUT2D eigenvalue weighted by Gasteiger charge is 2.27. The van der Waals surface area contributed by atoms with Crippen LogP contribution in [0.1, 0.15) is 31.7 Å². The number of hydrogen-bond donors (Lipinski definition) is 1. The van der Waals surface area contributed by atoms with Gasteiger partial charge in [-0.1, -0.05) is 110 Å². The van der Waals surface area contributed by atoms with Gasteiger partial charge in [-0.3, -0.25) is 0 Å². The number of anilines is 2. The lowest BCUT2D eigenvalue weighted by atomic mass is 9.87. The molecule has 3 aromatic carbocycles. The molecule has 0 spiro atoms. The third-order valence-corrected chi connectivity index (χ3v) is 9.05. The number of nitrogens with one attached hydrogen (secondary N) is 1. The minimum absolute atomic E-state index is 0.813. The van der Waals surface area contributed by atoms with Gasteiger partial charge < -0.3 is 15.1 Å². The summed E-state index contributed by atoms with van der Waals surface area (Å²) in [6.07, 6.45) is 37.3. The van der Waals surface area contributed by atoms with E-state index < -0.39 is 0 Å². The normalized spacial score (nSPS) is 17.5. The van der Waals surface area contributed by atoms with Gasteiger partial charge in [0.25, 0.3) is 0 Å². The molecule has 3 heteroatoms. The zero-order valence-corrected chi connectivity index (χ0v) is 27.5.